The van der Waals surface area contributed by atoms with E-state index < -0.39 is 17.8 Å². The molecular weight excluding hydrogens is 276 g/mol. The third-order valence-electron chi connectivity index (χ3n) is 2.44. The van der Waals surface area contributed by atoms with Gasteiger partial charge in [-0.15, -0.1) is 0 Å². The first kappa shape index (κ1) is 14.0. The predicted octanol–water partition coefficient (Wildman–Crippen LogP) is 3.27. The number of nitrogens with two attached hydrogens (primary N) is 1. The summed E-state index contributed by atoms with van der Waals surface area (Å²) in [6.07, 6.45) is -4.70. The number of halogens is 4. The van der Waals surface area contributed by atoms with E-state index in [2.05, 4.69) is 15.3 Å². The molecule has 1 aromatic heterocycles. The third-order valence-corrected chi connectivity index (χ3v) is 2.44. The van der Waals surface area contributed by atoms with Crippen molar-refractivity contribution in [2.75, 3.05) is 11.1 Å². The monoisotopic (exact) mass is 286 g/mol. The normalized spacial score (nSPS) is 11.4. The highest BCUT2D eigenvalue weighted by atomic mass is 19.4. The fraction of sp³-hybridized carbons (Fsp3) is 0.167. The molecule has 0 bridgehead atoms. The van der Waals surface area contributed by atoms with Crippen molar-refractivity contribution >= 4 is 17.3 Å². The highest BCUT2D eigenvalue weighted by Crippen LogP contribution is 2.28. The molecule has 0 spiro atoms. The number of nitrogen functional groups attached to an aromatic ring is 1. The van der Waals surface area contributed by atoms with Crippen molar-refractivity contribution in [3.05, 3.63) is 41.5 Å². The summed E-state index contributed by atoms with van der Waals surface area (Å²) >= 11 is 0. The summed E-state index contributed by atoms with van der Waals surface area (Å²) in [5, 5.41) is 2.55. The molecule has 0 aliphatic carbocycles. The van der Waals surface area contributed by atoms with Gasteiger partial charge in [0.15, 0.2) is 0 Å². The number of alkyl halides is 3. The van der Waals surface area contributed by atoms with Gasteiger partial charge in [0.05, 0.1) is 0 Å². The number of nitrogens with one attached hydrogen (secondary N) is 1. The van der Waals surface area contributed by atoms with Gasteiger partial charge in [0.2, 0.25) is 5.82 Å². The lowest BCUT2D eigenvalue weighted by Crippen LogP contribution is -2.13. The number of aryl methyl sites for hydroxylation is 1. The van der Waals surface area contributed by atoms with Gasteiger partial charge >= 0.3 is 6.18 Å². The number of aromatic nitrogens is 2. The van der Waals surface area contributed by atoms with Gasteiger partial charge in [-0.05, 0) is 24.6 Å². The maximum absolute atomic E-state index is 13.4. The Morgan fingerprint density at radius 1 is 1.15 bits per heavy atom. The van der Waals surface area contributed by atoms with Crippen molar-refractivity contribution in [3.63, 3.8) is 0 Å². The van der Waals surface area contributed by atoms with Gasteiger partial charge in [-0.3, -0.25) is 0 Å². The summed E-state index contributed by atoms with van der Waals surface area (Å²) < 4.78 is 51.0. The molecule has 106 valence electrons. The first-order valence-electron chi connectivity index (χ1n) is 5.50. The van der Waals surface area contributed by atoms with Crippen molar-refractivity contribution in [2.45, 2.75) is 13.1 Å². The van der Waals surface area contributed by atoms with Gasteiger partial charge in [-0.2, -0.15) is 13.2 Å². The lowest BCUT2D eigenvalue weighted by Gasteiger charge is -2.10. The Kier molecular flexibility index (Phi) is 3.47. The van der Waals surface area contributed by atoms with E-state index in [1.807, 2.05) is 0 Å². The highest BCUT2D eigenvalue weighted by molar-refractivity contribution is 5.59. The third kappa shape index (κ3) is 3.14. The molecule has 1 heterocycles. The van der Waals surface area contributed by atoms with Crippen LogP contribution in [0, 0.1) is 12.7 Å². The van der Waals surface area contributed by atoms with Crippen LogP contribution in [-0.4, -0.2) is 9.97 Å². The van der Waals surface area contributed by atoms with E-state index in [1.54, 1.807) is 6.92 Å². The van der Waals surface area contributed by atoms with E-state index in [0.29, 0.717) is 5.56 Å². The highest BCUT2D eigenvalue weighted by Gasteiger charge is 2.35. The first-order valence-corrected chi connectivity index (χ1v) is 5.50. The molecular formula is C12H10F4N4. The maximum Gasteiger partial charge on any atom is 0.451 e. The lowest BCUT2D eigenvalue weighted by molar-refractivity contribution is -0.144. The second-order valence-electron chi connectivity index (χ2n) is 4.09. The number of hydrogen-bond donors (Lipinski definition) is 2. The molecule has 8 heteroatoms. The van der Waals surface area contributed by atoms with E-state index in [0.717, 1.165) is 12.1 Å². The zero-order valence-electron chi connectivity index (χ0n) is 10.3. The molecule has 0 aliphatic rings. The molecule has 2 aromatic rings. The molecule has 0 saturated heterocycles. The second-order valence-corrected chi connectivity index (χ2v) is 4.09. The van der Waals surface area contributed by atoms with Crippen molar-refractivity contribution in [1.29, 1.82) is 0 Å². The Hall–Kier alpha value is -2.38. The molecule has 4 nitrogen and oxygen atoms in total. The molecule has 2 rings (SSSR count). The Morgan fingerprint density at radius 3 is 2.45 bits per heavy atom. The van der Waals surface area contributed by atoms with Crippen molar-refractivity contribution in [1.82, 2.24) is 9.97 Å². The Bertz CT molecular complexity index is 640. The minimum atomic E-state index is -4.70. The fourth-order valence-electron chi connectivity index (χ4n) is 1.48. The molecule has 0 fully saturated rings. The van der Waals surface area contributed by atoms with E-state index in [1.165, 1.54) is 12.1 Å². The maximum atomic E-state index is 13.4. The molecule has 0 aliphatic heterocycles. The van der Waals surface area contributed by atoms with E-state index >= 15 is 0 Å². The van der Waals surface area contributed by atoms with Crippen molar-refractivity contribution in [3.8, 4) is 0 Å². The molecule has 0 atom stereocenters. The van der Waals surface area contributed by atoms with Crippen LogP contribution in [0.5, 0.6) is 0 Å². The topological polar surface area (TPSA) is 63.8 Å². The standard InChI is InChI=1S/C12H10F4N4/c1-6-2-3-7(4-8(6)13)18-10-5-9(17)19-11(20-10)12(14,15)16/h2-5H,1H3,(H3,17,18,19,20). The summed E-state index contributed by atoms with van der Waals surface area (Å²) in [6, 6.07) is 5.30. The molecule has 0 radical (unpaired) electrons. The molecule has 3 N–H and O–H groups in total. The van der Waals surface area contributed by atoms with Crippen molar-refractivity contribution < 1.29 is 17.6 Å². The zero-order chi connectivity index (χ0) is 14.9. The Balaban J connectivity index is 2.33. The van der Waals surface area contributed by atoms with Gasteiger partial charge in [-0.1, -0.05) is 6.07 Å². The van der Waals surface area contributed by atoms with Crippen LogP contribution in [0.25, 0.3) is 0 Å². The molecule has 20 heavy (non-hydrogen) atoms. The summed E-state index contributed by atoms with van der Waals surface area (Å²) in [7, 11) is 0. The molecule has 0 unspecified atom stereocenters. The van der Waals surface area contributed by atoms with Gasteiger partial charge in [0, 0.05) is 11.8 Å². The SMILES string of the molecule is Cc1ccc(Nc2cc(N)nc(C(F)(F)F)n2)cc1F. The first-order chi connectivity index (χ1) is 9.25. The number of benzene rings is 1. The molecule has 0 saturated carbocycles. The van der Waals surface area contributed by atoms with Gasteiger partial charge in [0.1, 0.15) is 17.5 Å². The largest absolute Gasteiger partial charge is 0.451 e. The second kappa shape index (κ2) is 4.95. The average Bonchev–Trinajstić information content (AvgIpc) is 2.32. The smallest absolute Gasteiger partial charge is 0.384 e. The van der Waals surface area contributed by atoms with Crippen molar-refractivity contribution in [2.24, 2.45) is 0 Å². The molecule has 0 amide bonds. The van der Waals surface area contributed by atoms with Crippen LogP contribution in [0.4, 0.5) is 34.9 Å². The average molecular weight is 286 g/mol. The Morgan fingerprint density at radius 2 is 1.85 bits per heavy atom. The number of anilines is 3. The number of nitrogens with zero attached hydrogens (tertiary/aromatic N) is 2. The van der Waals surface area contributed by atoms with Crippen LogP contribution in [0.3, 0.4) is 0 Å². The predicted molar refractivity (Wildman–Crippen MR) is 65.9 cm³/mol. The number of hydrogen-bond acceptors (Lipinski definition) is 4. The van der Waals surface area contributed by atoms with Crippen LogP contribution in [0.1, 0.15) is 11.4 Å². The summed E-state index contributed by atoms with van der Waals surface area (Å²) in [5.74, 6) is -2.32. The van der Waals surface area contributed by atoms with Crippen LogP contribution >= 0.6 is 0 Å². The van der Waals surface area contributed by atoms with E-state index in [9.17, 15) is 17.6 Å². The van der Waals surface area contributed by atoms with Crippen LogP contribution in [0.2, 0.25) is 0 Å². The Labute approximate surface area is 111 Å². The van der Waals surface area contributed by atoms with Gasteiger partial charge in [0.25, 0.3) is 0 Å². The fourth-order valence-corrected chi connectivity index (χ4v) is 1.48. The zero-order valence-corrected chi connectivity index (χ0v) is 10.3. The minimum Gasteiger partial charge on any atom is -0.384 e. The summed E-state index contributed by atoms with van der Waals surface area (Å²) in [4.78, 5) is 6.41. The quantitative estimate of drug-likeness (QED) is 0.832. The van der Waals surface area contributed by atoms with Gasteiger partial charge < -0.3 is 11.1 Å². The number of rotatable bonds is 2. The van der Waals surface area contributed by atoms with E-state index in [4.69, 9.17) is 5.73 Å². The van der Waals surface area contributed by atoms with E-state index in [-0.39, 0.29) is 17.3 Å². The van der Waals surface area contributed by atoms with Gasteiger partial charge in [-0.25, -0.2) is 14.4 Å². The minimum absolute atomic E-state index is 0.159. The van der Waals surface area contributed by atoms with Crippen LogP contribution in [-0.2, 0) is 6.18 Å². The summed E-state index contributed by atoms with van der Waals surface area (Å²) in [5.41, 5.74) is 5.99. The molecule has 1 aromatic carbocycles. The summed E-state index contributed by atoms with van der Waals surface area (Å²) in [6.45, 7) is 1.57. The lowest BCUT2D eigenvalue weighted by atomic mass is 10.2. The van der Waals surface area contributed by atoms with Crippen LogP contribution in [0.15, 0.2) is 24.3 Å². The van der Waals surface area contributed by atoms with Crippen LogP contribution < -0.4 is 11.1 Å².